The van der Waals surface area contributed by atoms with Crippen LogP contribution >= 0.6 is 40.7 Å². The molecule has 8 aromatic heterocycles. The van der Waals surface area contributed by atoms with Crippen molar-refractivity contribution in [2.24, 2.45) is 0 Å². The van der Waals surface area contributed by atoms with Crippen molar-refractivity contribution in [2.45, 2.75) is 161 Å². The molecule has 3 aliphatic rings. The van der Waals surface area contributed by atoms with Crippen LogP contribution in [0.15, 0.2) is 159 Å². The lowest BCUT2D eigenvalue weighted by Crippen LogP contribution is -2.48. The Balaban J connectivity index is 0.000000170. The number of halogens is 6. The third kappa shape index (κ3) is 19.0. The lowest BCUT2D eigenvalue weighted by molar-refractivity contribution is -0.000557. The van der Waals surface area contributed by atoms with E-state index in [1.807, 2.05) is 84.9 Å². The summed E-state index contributed by atoms with van der Waals surface area (Å²) in [6.45, 7) is 20.7. The molecule has 103 heavy (non-hydrogen) atoms. The monoisotopic (exact) mass is 1510 g/mol. The van der Waals surface area contributed by atoms with E-state index in [1.54, 1.807) is 64.1 Å². The van der Waals surface area contributed by atoms with Gasteiger partial charge in [0.1, 0.15) is 39.2 Å². The number of anilines is 1. The Hall–Kier alpha value is -9.11. The van der Waals surface area contributed by atoms with Gasteiger partial charge < -0.3 is 34.8 Å². The zero-order chi connectivity index (χ0) is 71.8. The van der Waals surface area contributed by atoms with Gasteiger partial charge in [-0.15, -0.1) is 24.8 Å². The summed E-state index contributed by atoms with van der Waals surface area (Å²) in [5.74, 6) is 2.48. The summed E-state index contributed by atoms with van der Waals surface area (Å²) in [5.41, 5.74) is 3.63. The Morgan fingerprint density at radius 2 is 0.864 bits per heavy atom. The molecule has 546 valence electrons. The normalized spacial score (nSPS) is 15.5. The molecular formula is C75H89BrCl2F3N17O5. The minimum Gasteiger partial charge on any atom is -0.444 e. The average molecular weight is 1520 g/mol. The van der Waals surface area contributed by atoms with Gasteiger partial charge in [0.15, 0.2) is 34.4 Å². The first-order chi connectivity index (χ1) is 48.2. The predicted octanol–water partition coefficient (Wildman–Crippen LogP) is 14.7. The van der Waals surface area contributed by atoms with Crippen LogP contribution in [-0.4, -0.2) is 141 Å². The van der Waals surface area contributed by atoms with Crippen LogP contribution in [0.25, 0.3) is 67.7 Å². The predicted molar refractivity (Wildman–Crippen MR) is 406 cm³/mol. The molecule has 3 saturated heterocycles. The number of aromatic amines is 3. The van der Waals surface area contributed by atoms with Gasteiger partial charge in [0.05, 0.1) is 50.1 Å². The van der Waals surface area contributed by atoms with Gasteiger partial charge >= 0.3 is 23.2 Å². The summed E-state index contributed by atoms with van der Waals surface area (Å²) in [7, 11) is 0. The first-order valence-corrected chi connectivity index (χ1v) is 35.2. The molecule has 0 saturated carbocycles. The van der Waals surface area contributed by atoms with E-state index in [0.717, 1.165) is 43.5 Å². The van der Waals surface area contributed by atoms with Crippen LogP contribution in [0.5, 0.6) is 0 Å². The molecule has 3 fully saturated rings. The fourth-order valence-electron chi connectivity index (χ4n) is 12.9. The molecule has 1 amide bonds. The lowest BCUT2D eigenvalue weighted by Gasteiger charge is -2.37. The highest BCUT2D eigenvalue weighted by Crippen LogP contribution is 2.36. The van der Waals surface area contributed by atoms with Crippen LogP contribution in [-0.2, 0) is 24.4 Å². The van der Waals surface area contributed by atoms with Crippen molar-refractivity contribution in [1.29, 1.82) is 0 Å². The van der Waals surface area contributed by atoms with Crippen molar-refractivity contribution < 1.29 is 22.7 Å². The minimum atomic E-state index is -1.64. The number of benzene rings is 3. The smallest absolute Gasteiger partial charge is 0.410 e. The largest absolute Gasteiger partial charge is 0.444 e. The number of fused-ring (bicyclic) bond motifs is 3. The molecule has 11 aromatic rings. The van der Waals surface area contributed by atoms with E-state index in [1.165, 1.54) is 18.6 Å². The SMILES string of the molecule is Brc1cccnc1.CC(C)c1ccccc1-c1ncc2[nH]c(=O)n(CC3(F)CCN(C(=O)OC(C)(C)C)CC3)c2n1.CC(C)c1ccccc1-c1ncc2[nH]c(=O)n(CC3(F)CCN(c4cccnc4)CC3)c2n1.CC(C)c1ccccc1-c1ncc2[nH]c(=O)n(CC3(F)CCNCC3)c2n1.Cl.Cl. The maximum Gasteiger partial charge on any atom is 0.410 e. The first-order valence-electron chi connectivity index (χ1n) is 34.4. The molecule has 4 N–H and O–H groups in total. The number of amides is 1. The summed E-state index contributed by atoms with van der Waals surface area (Å²) in [5, 5.41) is 3.16. The first kappa shape index (κ1) is 78.0. The van der Waals surface area contributed by atoms with Crippen LogP contribution < -0.4 is 27.3 Å². The van der Waals surface area contributed by atoms with Crippen molar-refractivity contribution in [3.05, 3.63) is 193 Å². The second kappa shape index (κ2) is 33.6. The second-order valence-corrected chi connectivity index (χ2v) is 29.0. The molecule has 0 radical (unpaired) electrons. The quantitative estimate of drug-likeness (QED) is 0.0836. The van der Waals surface area contributed by atoms with E-state index in [9.17, 15) is 19.2 Å². The summed E-state index contributed by atoms with van der Waals surface area (Å²) in [4.78, 5) is 97.5. The Kier molecular flexibility index (Phi) is 25.4. The number of imidazole rings is 3. The second-order valence-electron chi connectivity index (χ2n) is 28.1. The zero-order valence-electron chi connectivity index (χ0n) is 59.3. The number of nitrogens with one attached hydrogen (secondary N) is 4. The van der Waals surface area contributed by atoms with E-state index >= 15 is 13.2 Å². The molecule has 0 unspecified atom stereocenters. The number of rotatable bonds is 13. The summed E-state index contributed by atoms with van der Waals surface area (Å²) in [6, 6.07) is 31.5. The Labute approximate surface area is 616 Å². The Bertz CT molecular complexity index is 4850. The number of nitrogens with zero attached hydrogens (tertiary/aromatic N) is 13. The van der Waals surface area contributed by atoms with E-state index in [0.29, 0.717) is 115 Å². The number of H-pyrrole nitrogens is 3. The Morgan fingerprint density at radius 1 is 0.505 bits per heavy atom. The number of carbonyl (C=O) groups is 1. The average Bonchev–Trinajstić information content (AvgIpc) is 1.67. The molecule has 3 aromatic carbocycles. The van der Waals surface area contributed by atoms with Gasteiger partial charge in [0.25, 0.3) is 0 Å². The number of ether oxygens (including phenoxy) is 1. The highest BCUT2D eigenvalue weighted by Gasteiger charge is 2.40. The maximum atomic E-state index is 15.9. The van der Waals surface area contributed by atoms with Crippen molar-refractivity contribution in [3.63, 3.8) is 0 Å². The van der Waals surface area contributed by atoms with Gasteiger partial charge in [0.2, 0.25) is 0 Å². The van der Waals surface area contributed by atoms with Gasteiger partial charge in [-0.25, -0.2) is 62.3 Å². The van der Waals surface area contributed by atoms with Crippen molar-refractivity contribution in [2.75, 3.05) is 44.2 Å². The Morgan fingerprint density at radius 3 is 1.19 bits per heavy atom. The number of carbonyl (C=O) groups excluding carboxylic acids is 1. The third-order valence-corrected chi connectivity index (χ3v) is 18.9. The molecule has 0 bridgehead atoms. The zero-order valence-corrected chi connectivity index (χ0v) is 62.5. The van der Waals surface area contributed by atoms with Crippen LogP contribution in [0.2, 0.25) is 0 Å². The number of likely N-dealkylation sites (tertiary alicyclic amines) is 1. The van der Waals surface area contributed by atoms with Gasteiger partial charge in [-0.3, -0.25) is 23.7 Å². The number of piperidine rings is 3. The highest BCUT2D eigenvalue weighted by molar-refractivity contribution is 9.10. The molecule has 0 aliphatic carbocycles. The van der Waals surface area contributed by atoms with Crippen molar-refractivity contribution >= 4 is 86.0 Å². The number of aromatic nitrogens is 14. The molecule has 3 aliphatic heterocycles. The van der Waals surface area contributed by atoms with E-state index in [4.69, 9.17) is 9.72 Å². The van der Waals surface area contributed by atoms with E-state index in [2.05, 4.69) is 130 Å². The minimum absolute atomic E-state index is 0. The van der Waals surface area contributed by atoms with E-state index < -0.39 is 34.4 Å². The van der Waals surface area contributed by atoms with Crippen LogP contribution in [0.1, 0.15) is 135 Å². The number of pyridine rings is 2. The van der Waals surface area contributed by atoms with Gasteiger partial charge in [0, 0.05) is 91.6 Å². The van der Waals surface area contributed by atoms with Crippen molar-refractivity contribution in [3.8, 4) is 34.2 Å². The molecular weight excluding hydrogens is 1430 g/mol. The van der Waals surface area contributed by atoms with E-state index in [-0.39, 0.29) is 87.7 Å². The van der Waals surface area contributed by atoms with Gasteiger partial charge in [-0.05, 0) is 121 Å². The molecule has 28 heteroatoms. The van der Waals surface area contributed by atoms with Gasteiger partial charge in [-0.2, -0.15) is 0 Å². The third-order valence-electron chi connectivity index (χ3n) is 18.4. The molecule has 22 nitrogen and oxygen atoms in total. The molecule has 0 spiro atoms. The van der Waals surface area contributed by atoms with Crippen LogP contribution in [0, 0.1) is 0 Å². The molecule has 14 rings (SSSR count). The molecule has 0 atom stereocenters. The maximum absolute atomic E-state index is 15.9. The molecule has 11 heterocycles. The number of hydrogen-bond acceptors (Lipinski definition) is 15. The van der Waals surface area contributed by atoms with Crippen molar-refractivity contribution in [1.82, 2.24) is 78.7 Å². The van der Waals surface area contributed by atoms with Crippen LogP contribution in [0.3, 0.4) is 0 Å². The summed E-state index contributed by atoms with van der Waals surface area (Å²) < 4.78 is 57.5. The summed E-state index contributed by atoms with van der Waals surface area (Å²) in [6.07, 6.45) is 13.0. The topological polar surface area (TPSA) is 261 Å². The van der Waals surface area contributed by atoms with Gasteiger partial charge in [-0.1, -0.05) is 114 Å². The highest BCUT2D eigenvalue weighted by atomic mass is 79.9. The number of alkyl halides is 3. The number of hydrogen-bond donors (Lipinski definition) is 4. The lowest BCUT2D eigenvalue weighted by atomic mass is 9.93. The fraction of sp³-hybridized carbons (Fsp3) is 0.413. The summed E-state index contributed by atoms with van der Waals surface area (Å²) >= 11 is 3.25. The standard InChI is InChI=1S/C25H27FN6O.C25H32FN5O3.C20H24FN5O.C5H4BrN.2ClH/c1-17(2)19-7-3-4-8-20(19)22-28-15-21-23(30-22)32(24(33)29-21)16-25(26)9-12-31(13-10-25)18-6-5-11-27-14-18;1-16(2)17-8-6-7-9-18(17)20-27-14-19-21(29-20)31(22(32)28-19)15-25(26)10-12-30(13-11-25)23(33)34-24(3,4)5;1-13(2)14-5-3-4-6-15(14)17-23-11-16-18(25-17)26(19(27)24-16)12-20(21)7-9-22-10-8-20;6-5-2-1-3-7-4-5;;/h3-8,11,14-15,17H,9-10,12-13,16H2,1-2H3,(H,29,33);6-9,14,16H,10-13,15H2,1-5H3,(H,28,32);3-6,11,13,22H,7-10,12H2,1-2H3,(H,24,27);1-4H;2*1H. The fourth-order valence-corrected chi connectivity index (χ4v) is 13.2. The van der Waals surface area contributed by atoms with Crippen LogP contribution in [0.4, 0.5) is 23.7 Å².